The Balaban J connectivity index is 1.81. The predicted octanol–water partition coefficient (Wildman–Crippen LogP) is 2.67. The van der Waals surface area contributed by atoms with E-state index in [-0.39, 0.29) is 18.2 Å². The van der Waals surface area contributed by atoms with Crippen LogP contribution < -0.4 is 4.90 Å². The van der Waals surface area contributed by atoms with E-state index in [1.807, 2.05) is 13.0 Å². The molecule has 4 heteroatoms. The van der Waals surface area contributed by atoms with Crippen LogP contribution in [0.3, 0.4) is 0 Å². The molecule has 1 saturated carbocycles. The van der Waals surface area contributed by atoms with E-state index >= 15 is 0 Å². The standard InChI is InChI=1S/C17H19NO3/c1-11-7-8-14-13(9-11)16(20)17(21)18(14)10-15(19)12-5-3-2-4-6-12/h7-9,12H,2-6,10H2,1H3. The van der Waals surface area contributed by atoms with Crippen molar-refractivity contribution in [1.82, 2.24) is 0 Å². The molecule has 1 amide bonds. The maximum Gasteiger partial charge on any atom is 0.299 e. The monoisotopic (exact) mass is 285 g/mol. The van der Waals surface area contributed by atoms with E-state index in [0.29, 0.717) is 11.3 Å². The van der Waals surface area contributed by atoms with Crippen molar-refractivity contribution in [2.24, 2.45) is 5.92 Å². The Morgan fingerprint density at radius 1 is 1.19 bits per heavy atom. The Bertz CT molecular complexity index is 614. The maximum atomic E-state index is 12.4. The molecule has 0 unspecified atom stereocenters. The smallest absolute Gasteiger partial charge is 0.297 e. The Morgan fingerprint density at radius 3 is 2.62 bits per heavy atom. The molecule has 3 rings (SSSR count). The minimum Gasteiger partial charge on any atom is -0.297 e. The van der Waals surface area contributed by atoms with Gasteiger partial charge in [-0.05, 0) is 31.9 Å². The predicted molar refractivity (Wildman–Crippen MR) is 79.4 cm³/mol. The summed E-state index contributed by atoms with van der Waals surface area (Å²) in [5.74, 6) is -0.926. The van der Waals surface area contributed by atoms with Gasteiger partial charge in [0, 0.05) is 5.92 Å². The second-order valence-corrected chi connectivity index (χ2v) is 6.04. The van der Waals surface area contributed by atoms with Crippen molar-refractivity contribution in [3.05, 3.63) is 29.3 Å². The Kier molecular flexibility index (Phi) is 3.62. The third kappa shape index (κ3) is 2.50. The summed E-state index contributed by atoms with van der Waals surface area (Å²) in [4.78, 5) is 37.9. The molecule has 1 aliphatic heterocycles. The van der Waals surface area contributed by atoms with Crippen molar-refractivity contribution in [2.75, 3.05) is 11.4 Å². The SMILES string of the molecule is Cc1ccc2c(c1)C(=O)C(=O)N2CC(=O)C1CCCCC1. The van der Waals surface area contributed by atoms with Gasteiger partial charge in [0.05, 0.1) is 17.8 Å². The van der Waals surface area contributed by atoms with Gasteiger partial charge in [0.25, 0.3) is 11.7 Å². The molecule has 1 aromatic rings. The fourth-order valence-corrected chi connectivity index (χ4v) is 3.28. The van der Waals surface area contributed by atoms with Crippen LogP contribution in [0.15, 0.2) is 18.2 Å². The molecular formula is C17H19NO3. The van der Waals surface area contributed by atoms with E-state index in [9.17, 15) is 14.4 Å². The summed E-state index contributed by atoms with van der Waals surface area (Å²) in [5.41, 5.74) is 1.95. The molecule has 1 aliphatic carbocycles. The van der Waals surface area contributed by atoms with Crippen LogP contribution in [-0.4, -0.2) is 24.0 Å². The summed E-state index contributed by atoms with van der Waals surface area (Å²) in [6.45, 7) is 1.92. The number of fused-ring (bicyclic) bond motifs is 1. The number of benzene rings is 1. The van der Waals surface area contributed by atoms with Crippen LogP contribution in [0.1, 0.15) is 48.0 Å². The van der Waals surface area contributed by atoms with Crippen molar-refractivity contribution < 1.29 is 14.4 Å². The van der Waals surface area contributed by atoms with E-state index < -0.39 is 11.7 Å². The average Bonchev–Trinajstić information content (AvgIpc) is 2.73. The van der Waals surface area contributed by atoms with E-state index in [1.165, 1.54) is 11.3 Å². The van der Waals surface area contributed by atoms with Gasteiger partial charge in [0.1, 0.15) is 0 Å². The van der Waals surface area contributed by atoms with E-state index in [2.05, 4.69) is 0 Å². The molecule has 1 fully saturated rings. The first-order valence-corrected chi connectivity index (χ1v) is 7.57. The zero-order valence-electron chi connectivity index (χ0n) is 12.2. The molecule has 0 aromatic heterocycles. The quantitative estimate of drug-likeness (QED) is 0.802. The summed E-state index contributed by atoms with van der Waals surface area (Å²) < 4.78 is 0. The lowest BCUT2D eigenvalue weighted by atomic mass is 9.86. The third-order valence-corrected chi connectivity index (χ3v) is 4.50. The highest BCUT2D eigenvalue weighted by Gasteiger charge is 2.37. The Hall–Kier alpha value is -1.97. The first-order valence-electron chi connectivity index (χ1n) is 7.57. The van der Waals surface area contributed by atoms with Crippen LogP contribution >= 0.6 is 0 Å². The molecule has 110 valence electrons. The molecular weight excluding hydrogens is 266 g/mol. The summed E-state index contributed by atoms with van der Waals surface area (Å²) in [7, 11) is 0. The van der Waals surface area contributed by atoms with Crippen molar-refractivity contribution >= 4 is 23.2 Å². The van der Waals surface area contributed by atoms with Crippen LogP contribution in [0.25, 0.3) is 0 Å². The minimum atomic E-state index is -0.570. The van der Waals surface area contributed by atoms with Gasteiger partial charge in [0.15, 0.2) is 5.78 Å². The number of rotatable bonds is 3. The minimum absolute atomic E-state index is 0.0330. The van der Waals surface area contributed by atoms with Crippen LogP contribution in [-0.2, 0) is 9.59 Å². The van der Waals surface area contributed by atoms with E-state index in [1.54, 1.807) is 12.1 Å². The summed E-state index contributed by atoms with van der Waals surface area (Å²) in [6, 6.07) is 5.35. The molecule has 0 bridgehead atoms. The van der Waals surface area contributed by atoms with Crippen molar-refractivity contribution in [3.8, 4) is 0 Å². The molecule has 1 heterocycles. The lowest BCUT2D eigenvalue weighted by Crippen LogP contribution is -2.37. The Morgan fingerprint density at radius 2 is 1.90 bits per heavy atom. The molecule has 2 aliphatic rings. The number of hydrogen-bond acceptors (Lipinski definition) is 3. The van der Waals surface area contributed by atoms with Gasteiger partial charge in [-0.15, -0.1) is 0 Å². The molecule has 21 heavy (non-hydrogen) atoms. The first kappa shape index (κ1) is 14.0. The first-order chi connectivity index (χ1) is 10.1. The normalized spacial score (nSPS) is 19.0. The van der Waals surface area contributed by atoms with Crippen molar-refractivity contribution in [3.63, 3.8) is 0 Å². The molecule has 0 atom stereocenters. The highest BCUT2D eigenvalue weighted by atomic mass is 16.2. The zero-order valence-corrected chi connectivity index (χ0v) is 12.2. The highest BCUT2D eigenvalue weighted by molar-refractivity contribution is 6.52. The lowest BCUT2D eigenvalue weighted by Gasteiger charge is -2.23. The van der Waals surface area contributed by atoms with Crippen molar-refractivity contribution in [2.45, 2.75) is 39.0 Å². The number of hydrogen-bond donors (Lipinski definition) is 0. The van der Waals surface area contributed by atoms with Crippen LogP contribution in [0.5, 0.6) is 0 Å². The Labute approximate surface area is 124 Å². The van der Waals surface area contributed by atoms with Crippen LogP contribution in [0.4, 0.5) is 5.69 Å². The fourth-order valence-electron chi connectivity index (χ4n) is 3.28. The molecule has 4 nitrogen and oxygen atoms in total. The van der Waals surface area contributed by atoms with Gasteiger partial charge in [-0.3, -0.25) is 19.3 Å². The molecule has 0 N–H and O–H groups in total. The largest absolute Gasteiger partial charge is 0.299 e. The van der Waals surface area contributed by atoms with Gasteiger partial charge < -0.3 is 0 Å². The van der Waals surface area contributed by atoms with Gasteiger partial charge in [-0.25, -0.2) is 0 Å². The zero-order chi connectivity index (χ0) is 15.0. The fraction of sp³-hybridized carbons (Fsp3) is 0.471. The van der Waals surface area contributed by atoms with Gasteiger partial charge in [0.2, 0.25) is 0 Å². The van der Waals surface area contributed by atoms with E-state index in [0.717, 1.165) is 31.2 Å². The number of amides is 1. The second-order valence-electron chi connectivity index (χ2n) is 6.04. The third-order valence-electron chi connectivity index (χ3n) is 4.50. The number of nitrogens with zero attached hydrogens (tertiary/aromatic N) is 1. The summed E-state index contributed by atoms with van der Waals surface area (Å²) in [6.07, 6.45) is 5.18. The maximum absolute atomic E-state index is 12.4. The number of carbonyl (C=O) groups is 3. The van der Waals surface area contributed by atoms with Gasteiger partial charge >= 0.3 is 0 Å². The molecule has 1 aromatic carbocycles. The second kappa shape index (κ2) is 5.43. The average molecular weight is 285 g/mol. The number of carbonyl (C=O) groups excluding carboxylic acids is 3. The van der Waals surface area contributed by atoms with E-state index in [4.69, 9.17) is 0 Å². The van der Waals surface area contributed by atoms with Crippen LogP contribution in [0.2, 0.25) is 0 Å². The van der Waals surface area contributed by atoms with Crippen molar-refractivity contribution in [1.29, 1.82) is 0 Å². The van der Waals surface area contributed by atoms with Gasteiger partial charge in [-0.2, -0.15) is 0 Å². The number of anilines is 1. The number of ketones is 2. The van der Waals surface area contributed by atoms with Crippen LogP contribution in [0, 0.1) is 12.8 Å². The molecule has 0 saturated heterocycles. The number of aryl methyl sites for hydroxylation is 1. The topological polar surface area (TPSA) is 54.5 Å². The summed E-state index contributed by atoms with van der Waals surface area (Å²) in [5, 5.41) is 0. The highest BCUT2D eigenvalue weighted by Crippen LogP contribution is 2.31. The summed E-state index contributed by atoms with van der Waals surface area (Å²) >= 11 is 0. The molecule has 0 radical (unpaired) electrons. The number of Topliss-reactive ketones (excluding diaryl/α,β-unsaturated/α-hetero) is 2. The molecule has 0 spiro atoms. The van der Waals surface area contributed by atoms with Gasteiger partial charge in [-0.1, -0.05) is 30.9 Å². The lowest BCUT2D eigenvalue weighted by molar-refractivity contribution is -0.124.